The van der Waals surface area contributed by atoms with E-state index < -0.39 is 17.9 Å². The fourth-order valence-corrected chi connectivity index (χ4v) is 3.06. The normalized spacial score (nSPS) is 12.5. The number of nitrogens with one attached hydrogen (secondary N) is 2. The lowest BCUT2D eigenvalue weighted by Gasteiger charge is -2.18. The van der Waals surface area contributed by atoms with Crippen LogP contribution in [-0.2, 0) is 25.5 Å². The summed E-state index contributed by atoms with van der Waals surface area (Å²) in [5.74, 6) is -1.22. The summed E-state index contributed by atoms with van der Waals surface area (Å²) in [5.41, 5.74) is 1.70. The highest BCUT2D eigenvalue weighted by molar-refractivity contribution is 6.31. The van der Waals surface area contributed by atoms with Crippen LogP contribution in [0.25, 0.3) is 0 Å². The van der Waals surface area contributed by atoms with Gasteiger partial charge in [0.15, 0.2) is 0 Å². The average Bonchev–Trinajstić information content (AvgIpc) is 2.73. The van der Waals surface area contributed by atoms with Crippen molar-refractivity contribution in [3.8, 4) is 0 Å². The summed E-state index contributed by atoms with van der Waals surface area (Å²) in [5, 5.41) is 5.99. The number of halogens is 1. The molecule has 0 saturated heterocycles. The summed E-state index contributed by atoms with van der Waals surface area (Å²) in [6.07, 6.45) is 0.182. The maximum Gasteiger partial charge on any atom is 0.328 e. The van der Waals surface area contributed by atoms with E-state index in [0.29, 0.717) is 5.02 Å². The molecule has 2 amide bonds. The Morgan fingerprint density at radius 1 is 0.931 bits per heavy atom. The number of hydrogen-bond acceptors (Lipinski definition) is 4. The highest BCUT2D eigenvalue weighted by Crippen LogP contribution is 2.17. The summed E-state index contributed by atoms with van der Waals surface area (Å²) >= 11 is 6.14. The second kappa shape index (κ2) is 11.2. The van der Waals surface area contributed by atoms with Crippen LogP contribution in [0.2, 0.25) is 5.02 Å². The number of esters is 1. The highest BCUT2D eigenvalue weighted by Gasteiger charge is 2.23. The fourth-order valence-electron chi connectivity index (χ4n) is 2.85. The van der Waals surface area contributed by atoms with E-state index in [1.54, 1.807) is 24.3 Å². The number of benzene rings is 2. The van der Waals surface area contributed by atoms with Gasteiger partial charge >= 0.3 is 5.97 Å². The van der Waals surface area contributed by atoms with Gasteiger partial charge in [0.2, 0.25) is 11.8 Å². The topological polar surface area (TPSA) is 84.5 Å². The van der Waals surface area contributed by atoms with Crippen molar-refractivity contribution in [3.63, 3.8) is 0 Å². The maximum absolute atomic E-state index is 12.3. The minimum Gasteiger partial charge on any atom is -0.467 e. The predicted molar refractivity (Wildman–Crippen MR) is 111 cm³/mol. The Hall–Kier alpha value is -2.86. The molecule has 6 nitrogen and oxygen atoms in total. The number of ether oxygens (including phenoxy) is 1. The molecule has 0 heterocycles. The van der Waals surface area contributed by atoms with Gasteiger partial charge in [0.1, 0.15) is 6.04 Å². The smallest absolute Gasteiger partial charge is 0.328 e. The van der Waals surface area contributed by atoms with E-state index >= 15 is 0 Å². The van der Waals surface area contributed by atoms with Gasteiger partial charge in [-0.15, -0.1) is 0 Å². The van der Waals surface area contributed by atoms with Gasteiger partial charge in [0, 0.05) is 24.3 Å². The van der Waals surface area contributed by atoms with Gasteiger partial charge in [-0.2, -0.15) is 0 Å². The maximum atomic E-state index is 12.3. The molecule has 7 heteroatoms. The minimum atomic E-state index is -0.876. The van der Waals surface area contributed by atoms with Crippen LogP contribution in [0.5, 0.6) is 0 Å². The lowest BCUT2D eigenvalue weighted by atomic mass is 10.1. The number of amides is 2. The molecule has 2 aromatic carbocycles. The standard InChI is InChI=1S/C22H25ClN2O4/c1-15(16-8-4-3-5-9-16)24-20(26)12-13-21(27)25-19(22(28)29-2)14-17-10-6-7-11-18(17)23/h3-11,15,19H,12-14H2,1-2H3,(H,24,26)(H,25,27)/t15-,19+/m1/s1. The van der Waals surface area contributed by atoms with Gasteiger partial charge in [-0.1, -0.05) is 60.1 Å². The van der Waals surface area contributed by atoms with Gasteiger partial charge < -0.3 is 15.4 Å². The van der Waals surface area contributed by atoms with Crippen molar-refractivity contribution >= 4 is 29.4 Å². The van der Waals surface area contributed by atoms with Crippen LogP contribution in [0.1, 0.15) is 36.9 Å². The number of carbonyl (C=O) groups excluding carboxylic acids is 3. The third-order valence-corrected chi connectivity index (χ3v) is 4.83. The van der Waals surface area contributed by atoms with Gasteiger partial charge in [0.05, 0.1) is 13.2 Å². The van der Waals surface area contributed by atoms with Crippen LogP contribution < -0.4 is 10.6 Å². The summed E-state index contributed by atoms with van der Waals surface area (Å²) in [7, 11) is 1.26. The van der Waals surface area contributed by atoms with E-state index in [2.05, 4.69) is 10.6 Å². The van der Waals surface area contributed by atoms with Crippen molar-refractivity contribution in [2.45, 2.75) is 38.3 Å². The second-order valence-electron chi connectivity index (χ2n) is 6.64. The molecular weight excluding hydrogens is 392 g/mol. The molecule has 0 fully saturated rings. The first kappa shape index (κ1) is 22.4. The van der Waals surface area contributed by atoms with E-state index in [1.807, 2.05) is 37.3 Å². The molecule has 0 aliphatic heterocycles. The lowest BCUT2D eigenvalue weighted by Crippen LogP contribution is -2.43. The first-order chi connectivity index (χ1) is 13.9. The molecule has 0 unspecified atom stereocenters. The van der Waals surface area contributed by atoms with E-state index in [-0.39, 0.29) is 31.2 Å². The van der Waals surface area contributed by atoms with Crippen molar-refractivity contribution < 1.29 is 19.1 Å². The zero-order valence-corrected chi connectivity index (χ0v) is 17.2. The van der Waals surface area contributed by atoms with E-state index in [9.17, 15) is 14.4 Å². The monoisotopic (exact) mass is 416 g/mol. The fraction of sp³-hybridized carbons (Fsp3) is 0.318. The Kier molecular flexibility index (Phi) is 8.68. The molecule has 2 atom stereocenters. The summed E-state index contributed by atoms with van der Waals surface area (Å²) in [6, 6.07) is 15.6. The zero-order chi connectivity index (χ0) is 21.2. The molecule has 0 spiro atoms. The number of hydrogen-bond donors (Lipinski definition) is 2. The number of methoxy groups -OCH3 is 1. The molecule has 2 aromatic rings. The second-order valence-corrected chi connectivity index (χ2v) is 7.05. The molecule has 0 saturated carbocycles. The highest BCUT2D eigenvalue weighted by atomic mass is 35.5. The van der Waals surface area contributed by atoms with Crippen LogP contribution >= 0.6 is 11.6 Å². The van der Waals surface area contributed by atoms with Crippen LogP contribution in [0.4, 0.5) is 0 Å². The predicted octanol–water partition coefficient (Wildman–Crippen LogP) is 3.20. The zero-order valence-electron chi connectivity index (χ0n) is 16.5. The van der Waals surface area contributed by atoms with Gasteiger partial charge in [0.25, 0.3) is 0 Å². The summed E-state index contributed by atoms with van der Waals surface area (Å²) in [6.45, 7) is 1.88. The number of rotatable bonds is 9. The van der Waals surface area contributed by atoms with Crippen LogP contribution in [0.3, 0.4) is 0 Å². The van der Waals surface area contributed by atoms with Crippen LogP contribution in [0, 0.1) is 0 Å². The molecule has 2 N–H and O–H groups in total. The minimum absolute atomic E-state index is 0.0169. The Morgan fingerprint density at radius 2 is 1.52 bits per heavy atom. The summed E-state index contributed by atoms with van der Waals surface area (Å²) in [4.78, 5) is 36.5. The quantitative estimate of drug-likeness (QED) is 0.615. The Bertz CT molecular complexity index is 842. The van der Waals surface area contributed by atoms with Gasteiger partial charge in [-0.25, -0.2) is 4.79 Å². The third kappa shape index (κ3) is 7.23. The third-order valence-electron chi connectivity index (χ3n) is 4.46. The van der Waals surface area contributed by atoms with Crippen molar-refractivity contribution in [2.75, 3.05) is 7.11 Å². The molecule has 0 bridgehead atoms. The Balaban J connectivity index is 1.87. The van der Waals surface area contributed by atoms with E-state index in [0.717, 1.165) is 11.1 Å². The lowest BCUT2D eigenvalue weighted by molar-refractivity contribution is -0.145. The van der Waals surface area contributed by atoms with Crippen LogP contribution in [-0.4, -0.2) is 30.9 Å². The largest absolute Gasteiger partial charge is 0.467 e. The van der Waals surface area contributed by atoms with Crippen LogP contribution in [0.15, 0.2) is 54.6 Å². The number of carbonyl (C=O) groups is 3. The molecule has 2 rings (SSSR count). The molecule has 0 aromatic heterocycles. The molecule has 0 aliphatic rings. The van der Waals surface area contributed by atoms with Gasteiger partial charge in [-0.3, -0.25) is 9.59 Å². The Labute approximate surface area is 175 Å². The summed E-state index contributed by atoms with van der Waals surface area (Å²) < 4.78 is 4.78. The Morgan fingerprint density at radius 3 is 2.14 bits per heavy atom. The molecule has 0 radical (unpaired) electrons. The van der Waals surface area contributed by atoms with Crippen molar-refractivity contribution in [1.29, 1.82) is 0 Å². The molecule has 0 aliphatic carbocycles. The molecule has 154 valence electrons. The van der Waals surface area contributed by atoms with E-state index in [4.69, 9.17) is 16.3 Å². The SMILES string of the molecule is COC(=O)[C@H](Cc1ccccc1Cl)NC(=O)CCC(=O)N[C@H](C)c1ccccc1. The van der Waals surface area contributed by atoms with E-state index in [1.165, 1.54) is 7.11 Å². The van der Waals surface area contributed by atoms with Crippen molar-refractivity contribution in [3.05, 3.63) is 70.7 Å². The van der Waals surface area contributed by atoms with Crippen molar-refractivity contribution in [1.82, 2.24) is 10.6 Å². The average molecular weight is 417 g/mol. The van der Waals surface area contributed by atoms with Gasteiger partial charge in [-0.05, 0) is 24.1 Å². The first-order valence-electron chi connectivity index (χ1n) is 9.35. The first-order valence-corrected chi connectivity index (χ1v) is 9.73. The van der Waals surface area contributed by atoms with Crippen molar-refractivity contribution in [2.24, 2.45) is 0 Å². The molecular formula is C22H25ClN2O4. The molecule has 29 heavy (non-hydrogen) atoms.